The Bertz CT molecular complexity index is 265. The van der Waals surface area contributed by atoms with Crippen LogP contribution in [0.1, 0.15) is 0 Å². The molecule has 2 aromatic heterocycles. The number of pyridine rings is 1. The van der Waals surface area contributed by atoms with Gasteiger partial charge in [0.15, 0.2) is 0 Å². The largest absolute Gasteiger partial charge is 0.376 e. The van der Waals surface area contributed by atoms with Crippen molar-refractivity contribution in [1.82, 2.24) is 9.55 Å². The molecule has 0 unspecified atom stereocenters. The van der Waals surface area contributed by atoms with Gasteiger partial charge < -0.3 is 9.67 Å². The maximum Gasteiger partial charge on any atom is 0.119 e. The maximum absolute atomic E-state index is 8.39. The van der Waals surface area contributed by atoms with Crippen molar-refractivity contribution < 1.29 is 5.11 Å². The Balaban J connectivity index is 0.000000132. The number of aliphatic hydroxyl groups excluding tert-OH is 1. The van der Waals surface area contributed by atoms with Gasteiger partial charge in [0.25, 0.3) is 0 Å². The van der Waals surface area contributed by atoms with Gasteiger partial charge in [-0.15, -0.1) is 0 Å². The first kappa shape index (κ1) is 9.48. The van der Waals surface area contributed by atoms with Crippen LogP contribution in [0.5, 0.6) is 0 Å². The molecule has 3 heteroatoms. The molecule has 0 radical (unpaired) electrons. The summed E-state index contributed by atoms with van der Waals surface area (Å²) in [6.45, 7) is 0.0764. The van der Waals surface area contributed by atoms with E-state index in [4.69, 9.17) is 5.11 Å². The van der Waals surface area contributed by atoms with Crippen LogP contribution in [-0.2, 0) is 6.73 Å². The fraction of sp³-hybridized carbons (Fsp3) is 0.100. The van der Waals surface area contributed by atoms with E-state index in [1.165, 1.54) is 0 Å². The maximum atomic E-state index is 8.39. The molecular weight excluding hydrogens is 164 g/mol. The summed E-state index contributed by atoms with van der Waals surface area (Å²) in [5.74, 6) is 0. The summed E-state index contributed by atoms with van der Waals surface area (Å²) in [5, 5.41) is 8.39. The van der Waals surface area contributed by atoms with Gasteiger partial charge in [0.2, 0.25) is 0 Å². The highest BCUT2D eigenvalue weighted by molar-refractivity contribution is 4.89. The lowest BCUT2D eigenvalue weighted by Gasteiger charge is -1.89. The third-order valence-electron chi connectivity index (χ3n) is 1.40. The molecule has 0 atom stereocenters. The molecule has 3 nitrogen and oxygen atoms in total. The Kier molecular flexibility index (Phi) is 4.35. The minimum Gasteiger partial charge on any atom is -0.376 e. The summed E-state index contributed by atoms with van der Waals surface area (Å²) in [6, 6.07) is 9.46. The van der Waals surface area contributed by atoms with Crippen LogP contribution in [0.4, 0.5) is 0 Å². The molecule has 2 heterocycles. The van der Waals surface area contributed by atoms with Crippen molar-refractivity contribution in [2.24, 2.45) is 0 Å². The number of rotatable bonds is 1. The van der Waals surface area contributed by atoms with Gasteiger partial charge in [-0.25, -0.2) is 0 Å². The van der Waals surface area contributed by atoms with Crippen LogP contribution in [0.15, 0.2) is 55.1 Å². The van der Waals surface area contributed by atoms with Crippen molar-refractivity contribution in [3.63, 3.8) is 0 Å². The summed E-state index contributed by atoms with van der Waals surface area (Å²) < 4.78 is 1.68. The van der Waals surface area contributed by atoms with Crippen LogP contribution in [0, 0.1) is 0 Å². The first-order valence-corrected chi connectivity index (χ1v) is 4.00. The fourth-order valence-corrected chi connectivity index (χ4v) is 0.777. The highest BCUT2D eigenvalue weighted by Crippen LogP contribution is 1.84. The van der Waals surface area contributed by atoms with Crippen LogP contribution >= 0.6 is 0 Å². The van der Waals surface area contributed by atoms with E-state index in [1.807, 2.05) is 30.3 Å². The number of hydrogen-bond donors (Lipinski definition) is 1. The fourth-order valence-electron chi connectivity index (χ4n) is 0.777. The molecule has 0 aliphatic rings. The van der Waals surface area contributed by atoms with Gasteiger partial charge in [-0.1, -0.05) is 6.07 Å². The molecule has 0 saturated heterocycles. The number of aliphatic hydroxyl groups is 1. The SMILES string of the molecule is OCn1cccc1.c1ccncc1. The predicted molar refractivity (Wildman–Crippen MR) is 50.9 cm³/mol. The van der Waals surface area contributed by atoms with Gasteiger partial charge in [0.05, 0.1) is 0 Å². The first-order chi connectivity index (χ1) is 6.43. The van der Waals surface area contributed by atoms with Crippen LogP contribution in [0.2, 0.25) is 0 Å². The molecule has 0 amide bonds. The molecule has 68 valence electrons. The lowest BCUT2D eigenvalue weighted by atomic mass is 10.5. The third kappa shape index (κ3) is 4.08. The molecular formula is C10H12N2O. The van der Waals surface area contributed by atoms with Crippen molar-refractivity contribution in [3.8, 4) is 0 Å². The van der Waals surface area contributed by atoms with E-state index in [1.54, 1.807) is 29.4 Å². The molecule has 0 bridgehead atoms. The summed E-state index contributed by atoms with van der Waals surface area (Å²) in [4.78, 5) is 3.78. The standard InChI is InChI=1S/C5H7NO.C5H5N/c7-5-6-3-1-2-4-6;1-2-4-6-5-3-1/h1-4,7H,5H2;1-5H. The van der Waals surface area contributed by atoms with Gasteiger partial charge in [-0.05, 0) is 24.3 Å². The Hall–Kier alpha value is -1.61. The summed E-state index contributed by atoms with van der Waals surface area (Å²) in [5.41, 5.74) is 0. The Morgan fingerprint density at radius 3 is 1.77 bits per heavy atom. The van der Waals surface area contributed by atoms with E-state index in [9.17, 15) is 0 Å². The second-order valence-corrected chi connectivity index (χ2v) is 2.36. The van der Waals surface area contributed by atoms with E-state index in [2.05, 4.69) is 4.98 Å². The summed E-state index contributed by atoms with van der Waals surface area (Å²) in [6.07, 6.45) is 7.11. The Labute approximate surface area is 77.3 Å². The number of aromatic nitrogens is 2. The second kappa shape index (κ2) is 5.97. The zero-order chi connectivity index (χ0) is 9.36. The highest BCUT2D eigenvalue weighted by Gasteiger charge is 1.76. The average Bonchev–Trinajstić information content (AvgIpc) is 2.74. The lowest BCUT2D eigenvalue weighted by molar-refractivity contribution is 0.211. The van der Waals surface area contributed by atoms with E-state index in [0.29, 0.717) is 0 Å². The molecule has 0 aromatic carbocycles. The van der Waals surface area contributed by atoms with E-state index >= 15 is 0 Å². The smallest absolute Gasteiger partial charge is 0.119 e. The number of hydrogen-bond acceptors (Lipinski definition) is 2. The van der Waals surface area contributed by atoms with Crippen molar-refractivity contribution in [2.45, 2.75) is 6.73 Å². The monoisotopic (exact) mass is 176 g/mol. The quantitative estimate of drug-likeness (QED) is 0.715. The highest BCUT2D eigenvalue weighted by atomic mass is 16.3. The van der Waals surface area contributed by atoms with E-state index in [0.717, 1.165) is 0 Å². The van der Waals surface area contributed by atoms with Crippen molar-refractivity contribution in [1.29, 1.82) is 0 Å². The van der Waals surface area contributed by atoms with Crippen LogP contribution in [-0.4, -0.2) is 14.7 Å². The van der Waals surface area contributed by atoms with E-state index in [-0.39, 0.29) is 6.73 Å². The lowest BCUT2D eigenvalue weighted by Crippen LogP contribution is -1.89. The van der Waals surface area contributed by atoms with Gasteiger partial charge in [-0.3, -0.25) is 4.98 Å². The van der Waals surface area contributed by atoms with Crippen molar-refractivity contribution >= 4 is 0 Å². The van der Waals surface area contributed by atoms with Gasteiger partial charge in [0, 0.05) is 24.8 Å². The molecule has 0 saturated carbocycles. The van der Waals surface area contributed by atoms with E-state index < -0.39 is 0 Å². The summed E-state index contributed by atoms with van der Waals surface area (Å²) in [7, 11) is 0. The average molecular weight is 176 g/mol. The minimum absolute atomic E-state index is 0.0764. The van der Waals surface area contributed by atoms with Crippen molar-refractivity contribution in [2.75, 3.05) is 0 Å². The van der Waals surface area contributed by atoms with Crippen LogP contribution in [0.25, 0.3) is 0 Å². The molecule has 0 spiro atoms. The second-order valence-electron chi connectivity index (χ2n) is 2.36. The van der Waals surface area contributed by atoms with Gasteiger partial charge >= 0.3 is 0 Å². The Morgan fingerprint density at radius 2 is 1.54 bits per heavy atom. The zero-order valence-electron chi connectivity index (χ0n) is 7.24. The molecule has 13 heavy (non-hydrogen) atoms. The number of nitrogens with zero attached hydrogens (tertiary/aromatic N) is 2. The Morgan fingerprint density at radius 1 is 0.923 bits per heavy atom. The van der Waals surface area contributed by atoms with Crippen LogP contribution < -0.4 is 0 Å². The van der Waals surface area contributed by atoms with Crippen LogP contribution in [0.3, 0.4) is 0 Å². The van der Waals surface area contributed by atoms with Gasteiger partial charge in [0.1, 0.15) is 6.73 Å². The predicted octanol–water partition coefficient (Wildman–Crippen LogP) is 1.52. The zero-order valence-corrected chi connectivity index (χ0v) is 7.24. The molecule has 0 aliphatic carbocycles. The first-order valence-electron chi connectivity index (χ1n) is 4.00. The van der Waals surface area contributed by atoms with Gasteiger partial charge in [-0.2, -0.15) is 0 Å². The normalized spacial score (nSPS) is 8.69. The molecule has 0 aliphatic heterocycles. The third-order valence-corrected chi connectivity index (χ3v) is 1.40. The molecule has 0 fully saturated rings. The molecule has 1 N–H and O–H groups in total. The topological polar surface area (TPSA) is 38.0 Å². The van der Waals surface area contributed by atoms with Crippen molar-refractivity contribution in [3.05, 3.63) is 55.1 Å². The molecule has 2 aromatic rings. The summed E-state index contributed by atoms with van der Waals surface area (Å²) >= 11 is 0. The molecule has 2 rings (SSSR count). The minimum atomic E-state index is 0.0764.